The van der Waals surface area contributed by atoms with Crippen molar-refractivity contribution in [2.24, 2.45) is 0 Å². The molecule has 0 amide bonds. The average molecular weight is 258 g/mol. The lowest BCUT2D eigenvalue weighted by Gasteiger charge is -2.18. The zero-order valence-electron chi connectivity index (χ0n) is 11.3. The van der Waals surface area contributed by atoms with Crippen LogP contribution in [0.3, 0.4) is 0 Å². The Bertz CT molecular complexity index is 713. The van der Waals surface area contributed by atoms with E-state index in [0.29, 0.717) is 17.6 Å². The van der Waals surface area contributed by atoms with E-state index in [2.05, 4.69) is 0 Å². The smallest absolute Gasteiger partial charge is 0.198 e. The lowest BCUT2D eigenvalue weighted by atomic mass is 10.1. The Morgan fingerprint density at radius 2 is 2.00 bits per heavy atom. The third kappa shape index (κ3) is 2.14. The monoisotopic (exact) mass is 258 g/mol. The van der Waals surface area contributed by atoms with Crippen LogP contribution in [0.2, 0.25) is 0 Å². The zero-order chi connectivity index (χ0) is 14.2. The number of hydrogen-bond acceptors (Lipinski definition) is 3. The van der Waals surface area contributed by atoms with E-state index in [9.17, 15) is 14.7 Å². The highest BCUT2D eigenvalue weighted by Gasteiger charge is 2.14. The second-order valence-electron chi connectivity index (χ2n) is 4.75. The summed E-state index contributed by atoms with van der Waals surface area (Å²) in [5.74, 6) is -1.41. The molecule has 19 heavy (non-hydrogen) atoms. The minimum absolute atomic E-state index is 0.230. The van der Waals surface area contributed by atoms with Crippen LogP contribution in [0.25, 0.3) is 10.9 Å². The van der Waals surface area contributed by atoms with Gasteiger partial charge in [0, 0.05) is 17.6 Å². The summed E-state index contributed by atoms with van der Waals surface area (Å²) in [4.78, 5) is 23.5. The molecule has 2 rings (SSSR count). The van der Waals surface area contributed by atoms with Gasteiger partial charge in [0.25, 0.3) is 0 Å². The molecular formula is C15H16NO3-. The van der Waals surface area contributed by atoms with Crippen molar-refractivity contribution in [3.8, 4) is 0 Å². The fraction of sp³-hybridized carbons (Fsp3) is 0.333. The van der Waals surface area contributed by atoms with Gasteiger partial charge < -0.3 is 14.5 Å². The number of carboxylic acid groups (broad SMARTS) is 1. The van der Waals surface area contributed by atoms with Gasteiger partial charge in [-0.25, -0.2) is 0 Å². The Balaban J connectivity index is 2.99. The highest BCUT2D eigenvalue weighted by molar-refractivity contribution is 5.93. The molecule has 1 aromatic heterocycles. The molecule has 0 aliphatic heterocycles. The van der Waals surface area contributed by atoms with Crippen LogP contribution in [0.4, 0.5) is 0 Å². The van der Waals surface area contributed by atoms with Gasteiger partial charge in [-0.1, -0.05) is 18.6 Å². The largest absolute Gasteiger partial charge is 0.545 e. The van der Waals surface area contributed by atoms with Crippen molar-refractivity contribution in [3.05, 3.63) is 45.2 Å². The standard InChI is InChI=1S/C15H17NO3/c1-4-7-16-10(3)13(15(18)19)14(17)11-8-9(2)5-6-12(11)16/h5-6,8H,4,7H2,1-3H3,(H,18,19)/p-1. The fourth-order valence-electron chi connectivity index (χ4n) is 2.43. The van der Waals surface area contributed by atoms with Crippen molar-refractivity contribution in [1.29, 1.82) is 0 Å². The SMILES string of the molecule is CCCn1c(C)c(C(=O)[O-])c(=O)c2cc(C)ccc21. The molecule has 100 valence electrons. The average Bonchev–Trinajstić information content (AvgIpc) is 2.34. The van der Waals surface area contributed by atoms with Crippen LogP contribution in [0.5, 0.6) is 0 Å². The third-order valence-corrected chi connectivity index (χ3v) is 3.33. The van der Waals surface area contributed by atoms with Gasteiger partial charge in [0.1, 0.15) is 0 Å². The molecule has 0 saturated carbocycles. The summed E-state index contributed by atoms with van der Waals surface area (Å²) in [7, 11) is 0. The van der Waals surface area contributed by atoms with E-state index in [1.165, 1.54) is 0 Å². The number of hydrogen-bond donors (Lipinski definition) is 0. The second-order valence-corrected chi connectivity index (χ2v) is 4.75. The third-order valence-electron chi connectivity index (χ3n) is 3.33. The van der Waals surface area contributed by atoms with Gasteiger partial charge in [0.2, 0.25) is 0 Å². The number of pyridine rings is 1. The molecule has 1 heterocycles. The zero-order valence-corrected chi connectivity index (χ0v) is 11.3. The number of carbonyl (C=O) groups excluding carboxylic acids is 1. The first-order valence-corrected chi connectivity index (χ1v) is 6.32. The molecule has 0 fully saturated rings. The summed E-state index contributed by atoms with van der Waals surface area (Å²) < 4.78 is 1.88. The number of nitrogens with zero attached hydrogens (tertiary/aromatic N) is 1. The van der Waals surface area contributed by atoms with E-state index >= 15 is 0 Å². The van der Waals surface area contributed by atoms with Gasteiger partial charge in [-0.05, 0) is 32.4 Å². The summed E-state index contributed by atoms with van der Waals surface area (Å²) in [5, 5.41) is 11.6. The van der Waals surface area contributed by atoms with Crippen LogP contribution in [0.15, 0.2) is 23.0 Å². The summed E-state index contributed by atoms with van der Waals surface area (Å²) >= 11 is 0. The lowest BCUT2D eigenvalue weighted by molar-refractivity contribution is -0.255. The number of rotatable bonds is 3. The van der Waals surface area contributed by atoms with Crippen LogP contribution in [0, 0.1) is 13.8 Å². The molecule has 0 unspecified atom stereocenters. The lowest BCUT2D eigenvalue weighted by Crippen LogP contribution is -2.32. The molecule has 0 spiro atoms. The van der Waals surface area contributed by atoms with Gasteiger partial charge in [-0.2, -0.15) is 0 Å². The van der Waals surface area contributed by atoms with Gasteiger partial charge in [-0.15, -0.1) is 0 Å². The van der Waals surface area contributed by atoms with Crippen LogP contribution < -0.4 is 10.5 Å². The minimum atomic E-state index is -1.41. The maximum atomic E-state index is 12.3. The molecule has 0 N–H and O–H groups in total. The van der Waals surface area contributed by atoms with E-state index in [4.69, 9.17) is 0 Å². The van der Waals surface area contributed by atoms with Crippen LogP contribution >= 0.6 is 0 Å². The first-order chi connectivity index (χ1) is 8.97. The molecule has 4 heteroatoms. The maximum Gasteiger partial charge on any atom is 0.198 e. The number of benzene rings is 1. The van der Waals surface area contributed by atoms with Crippen molar-refractivity contribution in [2.45, 2.75) is 33.7 Å². The molecule has 4 nitrogen and oxygen atoms in total. The summed E-state index contributed by atoms with van der Waals surface area (Å²) in [6, 6.07) is 5.52. The Morgan fingerprint density at radius 1 is 1.32 bits per heavy atom. The molecule has 1 aromatic carbocycles. The van der Waals surface area contributed by atoms with Crippen molar-refractivity contribution in [1.82, 2.24) is 4.57 Å². The van der Waals surface area contributed by atoms with E-state index < -0.39 is 11.4 Å². The van der Waals surface area contributed by atoms with Crippen molar-refractivity contribution >= 4 is 16.9 Å². The van der Waals surface area contributed by atoms with Gasteiger partial charge in [0.05, 0.1) is 17.0 Å². The molecule has 0 radical (unpaired) electrons. The second kappa shape index (κ2) is 4.88. The first kappa shape index (κ1) is 13.3. The van der Waals surface area contributed by atoms with Crippen molar-refractivity contribution in [2.75, 3.05) is 0 Å². The normalized spacial score (nSPS) is 10.9. The number of fused-ring (bicyclic) bond motifs is 1. The number of aromatic nitrogens is 1. The predicted octanol–water partition coefficient (Wildman–Crippen LogP) is 1.39. The van der Waals surface area contributed by atoms with Gasteiger partial charge >= 0.3 is 0 Å². The number of aryl methyl sites for hydroxylation is 2. The molecule has 0 aliphatic rings. The topological polar surface area (TPSA) is 62.1 Å². The van der Waals surface area contributed by atoms with E-state index in [1.54, 1.807) is 13.0 Å². The summed E-state index contributed by atoms with van der Waals surface area (Å²) in [6.07, 6.45) is 0.860. The first-order valence-electron chi connectivity index (χ1n) is 6.32. The molecular weight excluding hydrogens is 242 g/mol. The van der Waals surface area contributed by atoms with Crippen LogP contribution in [0.1, 0.15) is 35.0 Å². The maximum absolute atomic E-state index is 12.3. The summed E-state index contributed by atoms with van der Waals surface area (Å²) in [5.41, 5.74) is 1.49. The van der Waals surface area contributed by atoms with Gasteiger partial charge in [0.15, 0.2) is 5.43 Å². The van der Waals surface area contributed by atoms with Gasteiger partial charge in [-0.3, -0.25) is 4.79 Å². The number of carbonyl (C=O) groups is 1. The Morgan fingerprint density at radius 3 is 2.58 bits per heavy atom. The van der Waals surface area contributed by atoms with Crippen LogP contribution in [-0.4, -0.2) is 10.5 Å². The quantitative estimate of drug-likeness (QED) is 0.835. The highest BCUT2D eigenvalue weighted by Crippen LogP contribution is 2.18. The fourth-order valence-corrected chi connectivity index (χ4v) is 2.43. The molecule has 0 aliphatic carbocycles. The number of carboxylic acids is 1. The van der Waals surface area contributed by atoms with Crippen LogP contribution in [-0.2, 0) is 6.54 Å². The van der Waals surface area contributed by atoms with E-state index in [1.807, 2.05) is 30.5 Å². The predicted molar refractivity (Wildman–Crippen MR) is 72.3 cm³/mol. The molecule has 0 bridgehead atoms. The van der Waals surface area contributed by atoms with Crippen molar-refractivity contribution in [3.63, 3.8) is 0 Å². The van der Waals surface area contributed by atoms with E-state index in [0.717, 1.165) is 17.5 Å². The summed E-state index contributed by atoms with van der Waals surface area (Å²) in [6.45, 7) is 6.21. The Kier molecular flexibility index (Phi) is 3.42. The van der Waals surface area contributed by atoms with Crippen molar-refractivity contribution < 1.29 is 9.90 Å². The Labute approximate surface area is 111 Å². The van der Waals surface area contributed by atoms with E-state index in [-0.39, 0.29) is 5.56 Å². The highest BCUT2D eigenvalue weighted by atomic mass is 16.4. The Hall–Kier alpha value is -2.10. The number of aromatic carboxylic acids is 1. The molecule has 0 saturated heterocycles. The molecule has 0 atom stereocenters. The minimum Gasteiger partial charge on any atom is -0.545 e. The molecule has 2 aromatic rings.